The number of ketones is 1. The van der Waals surface area contributed by atoms with Crippen molar-refractivity contribution in [2.45, 2.75) is 31.9 Å². The summed E-state index contributed by atoms with van der Waals surface area (Å²) in [6.45, 7) is 4.10. The molecule has 1 aliphatic rings. The first-order valence-corrected chi connectivity index (χ1v) is 6.52. The van der Waals surface area contributed by atoms with Crippen molar-refractivity contribution in [3.8, 4) is 0 Å². The van der Waals surface area contributed by atoms with Gasteiger partial charge in [0.2, 0.25) is 0 Å². The second-order valence-electron chi connectivity index (χ2n) is 5.37. The Morgan fingerprint density at radius 2 is 1.79 bits per heavy atom. The van der Waals surface area contributed by atoms with E-state index in [1.54, 1.807) is 0 Å². The molecule has 0 bridgehead atoms. The molecule has 0 amide bonds. The molecule has 19 heavy (non-hydrogen) atoms. The zero-order valence-corrected chi connectivity index (χ0v) is 12.4. The third kappa shape index (κ3) is 3.16. The highest BCUT2D eigenvalue weighted by Gasteiger charge is 2.55. The average Bonchev–Trinajstić information content (AvgIpc) is 3.02. The highest BCUT2D eigenvalue weighted by Crippen LogP contribution is 2.46. The molecule has 3 nitrogen and oxygen atoms in total. The number of nitrogens with one attached hydrogen (secondary N) is 1. The number of carbonyl (C=O) groups excluding carboxylic acids is 1. The maximum absolute atomic E-state index is 11.9. The minimum Gasteiger partial charge on any atom is -0.391 e. The van der Waals surface area contributed by atoms with Gasteiger partial charge in [-0.2, -0.15) is 0 Å². The van der Waals surface area contributed by atoms with E-state index in [-0.39, 0.29) is 36.1 Å². The summed E-state index contributed by atoms with van der Waals surface area (Å²) in [5.74, 6) is 0.104. The van der Waals surface area contributed by atoms with Crippen LogP contribution < -0.4 is 5.32 Å². The van der Waals surface area contributed by atoms with Crippen LogP contribution in [-0.4, -0.2) is 30.1 Å². The van der Waals surface area contributed by atoms with E-state index in [0.717, 1.165) is 5.56 Å². The second kappa shape index (κ2) is 6.51. The summed E-state index contributed by atoms with van der Waals surface area (Å²) in [4.78, 5) is 11.9. The molecule has 0 radical (unpaired) electrons. The fourth-order valence-corrected chi connectivity index (χ4v) is 2.78. The monoisotopic (exact) mass is 283 g/mol. The summed E-state index contributed by atoms with van der Waals surface area (Å²) in [5.41, 5.74) is 1.02. The highest BCUT2D eigenvalue weighted by molar-refractivity contribution is 6.05. The largest absolute Gasteiger partial charge is 0.391 e. The molecule has 4 atom stereocenters. The van der Waals surface area contributed by atoms with Gasteiger partial charge in [-0.25, -0.2) is 0 Å². The van der Waals surface area contributed by atoms with Gasteiger partial charge in [0, 0.05) is 6.04 Å². The molecule has 1 aliphatic carbocycles. The van der Waals surface area contributed by atoms with E-state index in [9.17, 15) is 9.90 Å². The smallest absolute Gasteiger partial charge is 0.147 e. The van der Waals surface area contributed by atoms with Crippen molar-refractivity contribution in [1.82, 2.24) is 5.32 Å². The van der Waals surface area contributed by atoms with Crippen molar-refractivity contribution >= 4 is 18.2 Å². The molecule has 1 fully saturated rings. The van der Waals surface area contributed by atoms with Crippen molar-refractivity contribution in [3.63, 3.8) is 0 Å². The summed E-state index contributed by atoms with van der Waals surface area (Å²) in [7, 11) is 1.83. The number of hydrogen-bond donors (Lipinski definition) is 2. The van der Waals surface area contributed by atoms with Gasteiger partial charge in [0.25, 0.3) is 0 Å². The van der Waals surface area contributed by atoms with Crippen LogP contribution in [-0.2, 0) is 4.79 Å². The van der Waals surface area contributed by atoms with Gasteiger partial charge in [0.05, 0.1) is 17.9 Å². The topological polar surface area (TPSA) is 49.3 Å². The van der Waals surface area contributed by atoms with E-state index in [1.807, 2.05) is 37.4 Å². The predicted octanol–water partition coefficient (Wildman–Crippen LogP) is 2.00. The van der Waals surface area contributed by atoms with Gasteiger partial charge in [0.15, 0.2) is 0 Å². The lowest BCUT2D eigenvalue weighted by molar-refractivity contribution is -0.112. The molecule has 0 saturated heterocycles. The lowest BCUT2D eigenvalue weighted by Gasteiger charge is -2.25. The van der Waals surface area contributed by atoms with E-state index >= 15 is 0 Å². The summed E-state index contributed by atoms with van der Waals surface area (Å²) >= 11 is 0. The Hall–Kier alpha value is -0.900. The van der Waals surface area contributed by atoms with Gasteiger partial charge in [0.1, 0.15) is 5.78 Å². The normalized spacial score (nSPS) is 24.8. The Bertz CT molecular complexity index is 421. The summed E-state index contributed by atoms with van der Waals surface area (Å²) in [6.07, 6.45) is -0.604. The summed E-state index contributed by atoms with van der Waals surface area (Å²) in [5, 5.41) is 13.5. The molecule has 0 spiro atoms. The Kier molecular flexibility index (Phi) is 5.53. The Labute approximate surface area is 120 Å². The maximum Gasteiger partial charge on any atom is 0.147 e. The molecule has 0 heterocycles. The number of Topliss-reactive ketones (excluding diaryl/α,β-unsaturated/α-hetero) is 1. The number of aliphatic hydroxyl groups excluding tert-OH is 1. The zero-order chi connectivity index (χ0) is 13.3. The third-order valence-electron chi connectivity index (χ3n) is 3.83. The number of aliphatic hydroxyl groups is 1. The lowest BCUT2D eigenvalue weighted by atomic mass is 9.94. The molecule has 3 unspecified atom stereocenters. The Morgan fingerprint density at radius 3 is 2.26 bits per heavy atom. The number of benzene rings is 1. The van der Waals surface area contributed by atoms with Crippen LogP contribution in [0, 0.1) is 11.8 Å². The number of hydrogen-bond acceptors (Lipinski definition) is 3. The second-order valence-corrected chi connectivity index (χ2v) is 5.37. The first-order valence-electron chi connectivity index (χ1n) is 6.52. The van der Waals surface area contributed by atoms with Crippen LogP contribution in [0.15, 0.2) is 30.3 Å². The lowest BCUT2D eigenvalue weighted by Crippen LogP contribution is -2.43. The predicted molar refractivity (Wildman–Crippen MR) is 78.6 cm³/mol. The van der Waals surface area contributed by atoms with Crippen LogP contribution in [0.3, 0.4) is 0 Å². The molecular formula is C15H22ClNO2. The van der Waals surface area contributed by atoms with Crippen LogP contribution in [0.2, 0.25) is 0 Å². The molecule has 1 aromatic carbocycles. The number of likely N-dealkylation sites (N-methyl/N-ethyl adjacent to an activating group) is 1. The standard InChI is InChI=1S/C15H21NO2.ClH/c1-9(2)13(16-3)15(18)12-11(14(12)17)10-7-5-4-6-8-10;/h4-9,11-13,15-16,18H,1-3H3;1H/t11?,12?,13-,15?;/m0./s1. The summed E-state index contributed by atoms with van der Waals surface area (Å²) in [6, 6.07) is 9.68. The first-order chi connectivity index (χ1) is 8.57. The molecular weight excluding hydrogens is 262 g/mol. The van der Waals surface area contributed by atoms with Crippen LogP contribution in [0.4, 0.5) is 0 Å². The Morgan fingerprint density at radius 1 is 1.21 bits per heavy atom. The van der Waals surface area contributed by atoms with Gasteiger partial charge in [-0.05, 0) is 18.5 Å². The highest BCUT2D eigenvalue weighted by atomic mass is 35.5. The van der Waals surface area contributed by atoms with Gasteiger partial charge < -0.3 is 10.4 Å². The van der Waals surface area contributed by atoms with E-state index in [1.165, 1.54) is 0 Å². The molecule has 0 aliphatic heterocycles. The molecule has 106 valence electrons. The molecule has 4 heteroatoms. The van der Waals surface area contributed by atoms with Crippen molar-refractivity contribution in [2.75, 3.05) is 7.05 Å². The van der Waals surface area contributed by atoms with Crippen LogP contribution in [0.5, 0.6) is 0 Å². The van der Waals surface area contributed by atoms with E-state index in [2.05, 4.69) is 19.2 Å². The van der Waals surface area contributed by atoms with Crippen molar-refractivity contribution in [1.29, 1.82) is 0 Å². The van der Waals surface area contributed by atoms with Gasteiger partial charge >= 0.3 is 0 Å². The first kappa shape index (κ1) is 16.2. The SMILES string of the molecule is CN[C@@H](C(C)C)C(O)C1C(=O)C1c1ccccc1.Cl. The molecule has 1 saturated carbocycles. The molecule has 2 rings (SSSR count). The minimum absolute atomic E-state index is 0. The van der Waals surface area contributed by atoms with E-state index in [4.69, 9.17) is 0 Å². The zero-order valence-electron chi connectivity index (χ0n) is 11.5. The number of rotatable bonds is 5. The molecule has 1 aromatic rings. The fraction of sp³-hybridized carbons (Fsp3) is 0.533. The summed E-state index contributed by atoms with van der Waals surface area (Å²) < 4.78 is 0. The van der Waals surface area contributed by atoms with Crippen molar-refractivity contribution in [3.05, 3.63) is 35.9 Å². The third-order valence-corrected chi connectivity index (χ3v) is 3.83. The van der Waals surface area contributed by atoms with Gasteiger partial charge in [-0.15, -0.1) is 12.4 Å². The van der Waals surface area contributed by atoms with Crippen molar-refractivity contribution in [2.24, 2.45) is 11.8 Å². The van der Waals surface area contributed by atoms with Gasteiger partial charge in [-0.3, -0.25) is 4.79 Å². The Balaban J connectivity index is 0.00000180. The van der Waals surface area contributed by atoms with E-state index < -0.39 is 6.10 Å². The molecule has 2 N–H and O–H groups in total. The number of halogens is 1. The van der Waals surface area contributed by atoms with Gasteiger partial charge in [-0.1, -0.05) is 44.2 Å². The van der Waals surface area contributed by atoms with Crippen molar-refractivity contribution < 1.29 is 9.90 Å². The van der Waals surface area contributed by atoms with Crippen LogP contribution in [0.1, 0.15) is 25.3 Å². The van der Waals surface area contributed by atoms with Crippen LogP contribution in [0.25, 0.3) is 0 Å². The van der Waals surface area contributed by atoms with E-state index in [0.29, 0.717) is 5.92 Å². The quantitative estimate of drug-likeness (QED) is 0.869. The number of carbonyl (C=O) groups is 1. The maximum atomic E-state index is 11.9. The average molecular weight is 284 g/mol. The fourth-order valence-electron chi connectivity index (χ4n) is 2.78. The molecule has 0 aromatic heterocycles. The van der Waals surface area contributed by atoms with Crippen LogP contribution >= 0.6 is 12.4 Å². The minimum atomic E-state index is -0.604.